The zero-order valence-electron chi connectivity index (χ0n) is 11.9. The van der Waals surface area contributed by atoms with E-state index in [4.69, 9.17) is 0 Å². The van der Waals surface area contributed by atoms with Gasteiger partial charge in [-0.25, -0.2) is 0 Å². The fourth-order valence-corrected chi connectivity index (χ4v) is 3.51. The predicted octanol–water partition coefficient (Wildman–Crippen LogP) is 4.27. The molecule has 1 aliphatic carbocycles. The molecule has 1 rings (SSSR count). The summed E-state index contributed by atoms with van der Waals surface area (Å²) in [6.45, 7) is 5.16. The lowest BCUT2D eigenvalue weighted by molar-refractivity contribution is -0.125. The van der Waals surface area contributed by atoms with Crippen LogP contribution in [0.1, 0.15) is 65.2 Å². The number of hydrogen-bond donors (Lipinski definition) is 1. The number of amides is 1. The summed E-state index contributed by atoms with van der Waals surface area (Å²) in [7, 11) is 0. The van der Waals surface area contributed by atoms with Gasteiger partial charge in [-0.05, 0) is 31.6 Å². The third kappa shape index (κ3) is 5.29. The summed E-state index contributed by atoms with van der Waals surface area (Å²) in [4.78, 5) is 12.7. The number of alkyl halides is 1. The smallest absolute Gasteiger partial charge is 0.223 e. The highest BCUT2D eigenvalue weighted by molar-refractivity contribution is 9.09. The van der Waals surface area contributed by atoms with Crippen molar-refractivity contribution in [2.24, 2.45) is 11.8 Å². The van der Waals surface area contributed by atoms with Crippen molar-refractivity contribution in [1.82, 2.24) is 5.32 Å². The van der Waals surface area contributed by atoms with E-state index in [0.717, 1.165) is 25.8 Å². The Hall–Kier alpha value is -0.0500. The molecule has 1 aliphatic rings. The van der Waals surface area contributed by atoms with Crippen LogP contribution in [0.3, 0.4) is 0 Å². The van der Waals surface area contributed by atoms with E-state index in [2.05, 4.69) is 35.1 Å². The lowest BCUT2D eigenvalue weighted by Gasteiger charge is -2.28. The minimum Gasteiger partial charge on any atom is -0.356 e. The van der Waals surface area contributed by atoms with Crippen molar-refractivity contribution in [2.45, 2.75) is 70.0 Å². The molecule has 0 spiro atoms. The molecule has 2 nitrogen and oxygen atoms in total. The first-order valence-electron chi connectivity index (χ1n) is 7.60. The zero-order chi connectivity index (χ0) is 13.4. The SMILES string of the molecule is CCCCC(CC)C(=O)NCC1CCCCC1Br. The number of carbonyl (C=O) groups is 1. The number of halogens is 1. The van der Waals surface area contributed by atoms with Gasteiger partial charge < -0.3 is 5.32 Å². The quantitative estimate of drug-likeness (QED) is 0.698. The molecule has 1 saturated carbocycles. The second-order valence-electron chi connectivity index (χ2n) is 5.55. The number of rotatable bonds is 7. The third-order valence-electron chi connectivity index (χ3n) is 4.12. The molecule has 0 aromatic rings. The maximum absolute atomic E-state index is 12.1. The second-order valence-corrected chi connectivity index (χ2v) is 6.73. The van der Waals surface area contributed by atoms with Crippen molar-refractivity contribution in [3.8, 4) is 0 Å². The fraction of sp³-hybridized carbons (Fsp3) is 0.933. The highest BCUT2D eigenvalue weighted by Crippen LogP contribution is 2.29. The molecule has 1 N–H and O–H groups in total. The molecule has 0 aromatic heterocycles. The Kier molecular flexibility index (Phi) is 7.96. The van der Waals surface area contributed by atoms with E-state index in [0.29, 0.717) is 10.7 Å². The molecule has 3 unspecified atom stereocenters. The molecule has 3 atom stereocenters. The average molecular weight is 318 g/mol. The van der Waals surface area contributed by atoms with Gasteiger partial charge in [-0.1, -0.05) is 55.5 Å². The van der Waals surface area contributed by atoms with Gasteiger partial charge in [-0.15, -0.1) is 0 Å². The molecule has 0 saturated heterocycles. The highest BCUT2D eigenvalue weighted by Gasteiger charge is 2.24. The number of hydrogen-bond acceptors (Lipinski definition) is 1. The van der Waals surface area contributed by atoms with Gasteiger partial charge in [-0.2, -0.15) is 0 Å². The molecular formula is C15H28BrNO. The first kappa shape index (κ1) is 16.0. The standard InChI is InChI=1S/C15H28BrNO/c1-3-5-8-12(4-2)15(18)17-11-13-9-6-7-10-14(13)16/h12-14H,3-11H2,1-2H3,(H,17,18). The fourth-order valence-electron chi connectivity index (χ4n) is 2.74. The molecule has 0 aliphatic heterocycles. The topological polar surface area (TPSA) is 29.1 Å². The normalized spacial score (nSPS) is 25.7. The lowest BCUT2D eigenvalue weighted by atomic mass is 9.89. The van der Waals surface area contributed by atoms with Crippen LogP contribution >= 0.6 is 15.9 Å². The first-order chi connectivity index (χ1) is 8.69. The minimum atomic E-state index is 0.224. The van der Waals surface area contributed by atoms with Gasteiger partial charge in [0.05, 0.1) is 0 Å². The molecule has 3 heteroatoms. The average Bonchev–Trinajstić information content (AvgIpc) is 2.38. The van der Waals surface area contributed by atoms with Gasteiger partial charge in [0.2, 0.25) is 5.91 Å². The molecule has 0 radical (unpaired) electrons. The summed E-state index contributed by atoms with van der Waals surface area (Å²) >= 11 is 3.75. The summed E-state index contributed by atoms with van der Waals surface area (Å²) in [5.41, 5.74) is 0. The Morgan fingerprint density at radius 2 is 2.06 bits per heavy atom. The van der Waals surface area contributed by atoms with Gasteiger partial charge >= 0.3 is 0 Å². The molecule has 0 heterocycles. The number of carbonyl (C=O) groups excluding carboxylic acids is 1. The van der Waals surface area contributed by atoms with Gasteiger partial charge in [0.15, 0.2) is 0 Å². The van der Waals surface area contributed by atoms with Crippen LogP contribution in [0.4, 0.5) is 0 Å². The van der Waals surface area contributed by atoms with E-state index in [9.17, 15) is 4.79 Å². The third-order valence-corrected chi connectivity index (χ3v) is 5.33. The molecule has 106 valence electrons. The Balaban J connectivity index is 2.29. The van der Waals surface area contributed by atoms with E-state index in [1.807, 2.05) is 0 Å². The summed E-state index contributed by atoms with van der Waals surface area (Å²) in [5.74, 6) is 1.13. The van der Waals surface area contributed by atoms with Crippen molar-refractivity contribution in [2.75, 3.05) is 6.54 Å². The van der Waals surface area contributed by atoms with Crippen LogP contribution < -0.4 is 5.32 Å². The van der Waals surface area contributed by atoms with E-state index in [1.165, 1.54) is 32.1 Å². The highest BCUT2D eigenvalue weighted by atomic mass is 79.9. The molecule has 0 bridgehead atoms. The van der Waals surface area contributed by atoms with Crippen molar-refractivity contribution >= 4 is 21.8 Å². The van der Waals surface area contributed by atoms with Crippen molar-refractivity contribution < 1.29 is 4.79 Å². The number of unbranched alkanes of at least 4 members (excludes halogenated alkanes) is 1. The Bertz CT molecular complexity index is 245. The Morgan fingerprint density at radius 1 is 1.33 bits per heavy atom. The molecule has 1 amide bonds. The van der Waals surface area contributed by atoms with E-state index < -0.39 is 0 Å². The van der Waals surface area contributed by atoms with Crippen LogP contribution in [-0.2, 0) is 4.79 Å². The van der Waals surface area contributed by atoms with Crippen LogP contribution in [0.2, 0.25) is 0 Å². The van der Waals surface area contributed by atoms with Crippen LogP contribution in [0.15, 0.2) is 0 Å². The monoisotopic (exact) mass is 317 g/mol. The van der Waals surface area contributed by atoms with Gasteiger partial charge in [-0.3, -0.25) is 4.79 Å². The molecule has 18 heavy (non-hydrogen) atoms. The molecular weight excluding hydrogens is 290 g/mol. The molecule has 0 aromatic carbocycles. The minimum absolute atomic E-state index is 0.224. The maximum atomic E-state index is 12.1. The molecule has 1 fully saturated rings. The zero-order valence-corrected chi connectivity index (χ0v) is 13.5. The van der Waals surface area contributed by atoms with Crippen molar-refractivity contribution in [3.05, 3.63) is 0 Å². The summed E-state index contributed by atoms with van der Waals surface area (Å²) in [6, 6.07) is 0. The van der Waals surface area contributed by atoms with Gasteiger partial charge in [0.25, 0.3) is 0 Å². The van der Waals surface area contributed by atoms with E-state index in [-0.39, 0.29) is 11.8 Å². The van der Waals surface area contributed by atoms with Crippen LogP contribution in [0, 0.1) is 11.8 Å². The number of nitrogens with one attached hydrogen (secondary N) is 1. The summed E-state index contributed by atoms with van der Waals surface area (Å²) < 4.78 is 0. The second kappa shape index (κ2) is 8.95. The first-order valence-corrected chi connectivity index (χ1v) is 8.52. The van der Waals surface area contributed by atoms with Crippen LogP contribution in [0.25, 0.3) is 0 Å². The predicted molar refractivity (Wildman–Crippen MR) is 81.0 cm³/mol. The lowest BCUT2D eigenvalue weighted by Crippen LogP contribution is -2.37. The summed E-state index contributed by atoms with van der Waals surface area (Å²) in [6.07, 6.45) is 9.50. The van der Waals surface area contributed by atoms with E-state index >= 15 is 0 Å². The Morgan fingerprint density at radius 3 is 2.67 bits per heavy atom. The largest absolute Gasteiger partial charge is 0.356 e. The van der Waals surface area contributed by atoms with E-state index in [1.54, 1.807) is 0 Å². The van der Waals surface area contributed by atoms with Crippen LogP contribution in [0.5, 0.6) is 0 Å². The summed E-state index contributed by atoms with van der Waals surface area (Å²) in [5, 5.41) is 3.17. The maximum Gasteiger partial charge on any atom is 0.223 e. The van der Waals surface area contributed by atoms with Crippen molar-refractivity contribution in [1.29, 1.82) is 0 Å². The Labute approximate surface area is 120 Å². The van der Waals surface area contributed by atoms with Crippen LogP contribution in [-0.4, -0.2) is 17.3 Å². The van der Waals surface area contributed by atoms with Gasteiger partial charge in [0.1, 0.15) is 0 Å². The van der Waals surface area contributed by atoms with Crippen molar-refractivity contribution in [3.63, 3.8) is 0 Å². The van der Waals surface area contributed by atoms with Gasteiger partial charge in [0, 0.05) is 17.3 Å².